The summed E-state index contributed by atoms with van der Waals surface area (Å²) in [5, 5.41) is 13.0. The summed E-state index contributed by atoms with van der Waals surface area (Å²) in [6, 6.07) is 23.4. The van der Waals surface area contributed by atoms with Crippen LogP contribution in [0.4, 0.5) is 20.2 Å². The molecule has 1 aliphatic carbocycles. The van der Waals surface area contributed by atoms with Gasteiger partial charge in [-0.15, -0.1) is 0 Å². The first-order valence-corrected chi connectivity index (χ1v) is 19.0. The summed E-state index contributed by atoms with van der Waals surface area (Å²) in [6.45, 7) is 4.60. The molecule has 15 heteroatoms. The molecule has 6 aromatic rings. The van der Waals surface area contributed by atoms with Crippen molar-refractivity contribution in [3.05, 3.63) is 124 Å². The molecule has 1 saturated carbocycles. The molecular formula is C40H36Cl2CuF2N7O3. The summed E-state index contributed by atoms with van der Waals surface area (Å²) in [6.07, 6.45) is 6.15. The number of nitrogens with one attached hydrogen (secondary N) is 1. The van der Waals surface area contributed by atoms with E-state index in [0.29, 0.717) is 18.1 Å². The number of carboxylic acids is 1. The van der Waals surface area contributed by atoms with Gasteiger partial charge in [0.25, 0.3) is 0 Å². The number of pyridine rings is 4. The van der Waals surface area contributed by atoms with Crippen LogP contribution in [-0.4, -0.2) is 55.8 Å². The van der Waals surface area contributed by atoms with Crippen LogP contribution in [0, 0.1) is 11.6 Å². The molecule has 5 heterocycles. The molecule has 2 fully saturated rings. The van der Waals surface area contributed by atoms with Crippen LogP contribution in [0.5, 0.6) is 0 Å². The standard InChI is InChI=1S/C21H14ClN3.C19H22F2N4O3.ClH.Cu/c22-17-9-7-15(8-10-17)16-13-20(18-5-1-3-11-23-18)25-21(14-16)19-6-2-4-12-24-19;1-8-5-24(6-9(2)23-8)17-13(20)15(22)12-16(14(17)21)25(10-3-4-10)7-11(18(12)26)19(27)28;;/h1-14H;7-10,23H,3-6,22H2,1-2H3,(H,27,28);1H;/q;;;+1/p-1/t;8-,9+;;. The van der Waals surface area contributed by atoms with Gasteiger partial charge in [0.2, 0.25) is 5.43 Å². The number of halogens is 4. The summed E-state index contributed by atoms with van der Waals surface area (Å²) in [4.78, 5) is 39.3. The first kappa shape index (κ1) is 39.8. The van der Waals surface area contributed by atoms with E-state index in [9.17, 15) is 14.7 Å². The van der Waals surface area contributed by atoms with Gasteiger partial charge in [-0.25, -0.2) is 18.6 Å². The Kier molecular flexibility index (Phi) is 12.5. The van der Waals surface area contributed by atoms with E-state index in [2.05, 4.69) is 40.5 Å². The van der Waals surface area contributed by atoms with Crippen molar-refractivity contribution in [1.82, 2.24) is 24.8 Å². The van der Waals surface area contributed by atoms with Crippen molar-refractivity contribution in [2.24, 2.45) is 0 Å². The third-order valence-corrected chi connectivity index (χ3v) is 9.52. The topological polar surface area (TPSA) is 139 Å². The van der Waals surface area contributed by atoms with Crippen molar-refractivity contribution in [3.8, 4) is 33.9 Å². The molecule has 1 saturated heterocycles. The molecule has 2 aliphatic rings. The molecule has 288 valence electrons. The first-order chi connectivity index (χ1) is 26.5. The molecule has 4 aromatic heterocycles. The van der Waals surface area contributed by atoms with E-state index in [4.69, 9.17) is 22.3 Å². The van der Waals surface area contributed by atoms with Gasteiger partial charge in [0.15, 0.2) is 11.6 Å². The number of nitrogens with zero attached hydrogens (tertiary/aromatic N) is 5. The van der Waals surface area contributed by atoms with Crippen LogP contribution in [0.25, 0.3) is 44.8 Å². The van der Waals surface area contributed by atoms with E-state index in [0.717, 1.165) is 52.9 Å². The number of piperazine rings is 1. The maximum absolute atomic E-state index is 15.6. The Bertz CT molecular complexity index is 2320. The van der Waals surface area contributed by atoms with Crippen LogP contribution in [0.2, 0.25) is 5.02 Å². The Morgan fingerprint density at radius 1 is 0.873 bits per heavy atom. The number of fused-ring (bicyclic) bond motifs is 1. The number of aromatic carboxylic acids is 1. The molecule has 0 bridgehead atoms. The second kappa shape index (κ2) is 17.3. The number of aromatic nitrogens is 4. The Morgan fingerprint density at radius 3 is 1.93 bits per heavy atom. The number of hydrogen-bond donors (Lipinski definition) is 3. The summed E-state index contributed by atoms with van der Waals surface area (Å²) >= 11 is 9.68. The summed E-state index contributed by atoms with van der Waals surface area (Å²) in [5.74, 6) is -3.34. The Labute approximate surface area is 333 Å². The number of benzene rings is 2. The SMILES string of the molecule is C[C@@H]1CN(c2c(F)c(N)c3c(=O)c(C(=O)O)cn(C4CC4)c3c2F)C[C@H](C)N1.Clc1ccc(-c2cc(-c3ccccn3)nc(-c3ccccn3)c2)cc1.[Cl][Cu]. The molecule has 0 radical (unpaired) electrons. The second-order valence-corrected chi connectivity index (χ2v) is 13.8. The fraction of sp³-hybridized carbons (Fsp3) is 0.225. The molecular weight excluding hydrogens is 799 g/mol. The summed E-state index contributed by atoms with van der Waals surface area (Å²) in [5.41, 5.74) is 8.94. The number of carbonyl (C=O) groups is 1. The van der Waals surface area contributed by atoms with Gasteiger partial charge >= 0.3 is 31.2 Å². The van der Waals surface area contributed by atoms with Crippen molar-refractivity contribution >= 4 is 49.9 Å². The molecule has 8 rings (SSSR count). The van der Waals surface area contributed by atoms with Crippen molar-refractivity contribution in [2.45, 2.75) is 44.8 Å². The monoisotopic (exact) mass is 833 g/mol. The summed E-state index contributed by atoms with van der Waals surface area (Å²) < 4.78 is 32.2. The third kappa shape index (κ3) is 8.66. The van der Waals surface area contributed by atoms with Gasteiger partial charge in [0, 0.05) is 54.8 Å². The molecule has 10 nitrogen and oxygen atoms in total. The third-order valence-electron chi connectivity index (χ3n) is 9.27. The van der Waals surface area contributed by atoms with Gasteiger partial charge in [-0.2, -0.15) is 0 Å². The van der Waals surface area contributed by atoms with Crippen molar-refractivity contribution in [2.75, 3.05) is 23.7 Å². The zero-order chi connectivity index (χ0) is 39.4. The fourth-order valence-electron chi connectivity index (χ4n) is 6.76. The number of anilines is 2. The number of hydrogen-bond acceptors (Lipinski definition) is 8. The Morgan fingerprint density at radius 2 is 1.44 bits per heavy atom. The van der Waals surface area contributed by atoms with Gasteiger partial charge in [-0.05, 0) is 86.3 Å². The molecule has 55 heavy (non-hydrogen) atoms. The van der Waals surface area contributed by atoms with Gasteiger partial charge in [-0.3, -0.25) is 14.8 Å². The normalized spacial score (nSPS) is 16.5. The van der Waals surface area contributed by atoms with E-state index in [1.54, 1.807) is 17.3 Å². The predicted octanol–water partition coefficient (Wildman–Crippen LogP) is 8.29. The van der Waals surface area contributed by atoms with E-state index in [1.165, 1.54) is 4.57 Å². The van der Waals surface area contributed by atoms with Crippen LogP contribution >= 0.6 is 21.7 Å². The molecule has 2 atom stereocenters. The van der Waals surface area contributed by atoms with Crippen LogP contribution in [0.3, 0.4) is 0 Å². The molecule has 4 N–H and O–H groups in total. The molecule has 0 spiro atoms. The molecule has 0 amide bonds. The van der Waals surface area contributed by atoms with Gasteiger partial charge in [-0.1, -0.05) is 35.9 Å². The zero-order valence-electron chi connectivity index (χ0n) is 29.6. The van der Waals surface area contributed by atoms with Gasteiger partial charge in [0.1, 0.15) is 11.3 Å². The summed E-state index contributed by atoms with van der Waals surface area (Å²) in [7, 11) is 4.20. The first-order valence-electron chi connectivity index (χ1n) is 17.3. The van der Waals surface area contributed by atoms with Crippen molar-refractivity contribution < 1.29 is 33.8 Å². The van der Waals surface area contributed by atoms with Crippen LogP contribution in [0.1, 0.15) is 43.1 Å². The van der Waals surface area contributed by atoms with Crippen molar-refractivity contribution in [3.63, 3.8) is 0 Å². The Hall–Kier alpha value is -4.91. The average molecular weight is 835 g/mol. The second-order valence-electron chi connectivity index (χ2n) is 13.4. The van der Waals surface area contributed by atoms with E-state index in [1.807, 2.05) is 86.6 Å². The minimum absolute atomic E-state index is 0.0134. The molecule has 2 aromatic carbocycles. The average Bonchev–Trinajstić information content (AvgIpc) is 4.04. The van der Waals surface area contributed by atoms with E-state index < -0.39 is 39.7 Å². The number of rotatable bonds is 6. The van der Waals surface area contributed by atoms with Gasteiger partial charge < -0.3 is 25.6 Å². The minimum atomic E-state index is -1.45. The Balaban J connectivity index is 0.000000180. The van der Waals surface area contributed by atoms with E-state index in [-0.39, 0.29) is 29.3 Å². The van der Waals surface area contributed by atoms with Crippen LogP contribution in [0.15, 0.2) is 96.2 Å². The maximum atomic E-state index is 15.6. The molecule has 0 unspecified atom stereocenters. The zero-order valence-corrected chi connectivity index (χ0v) is 32.1. The quantitative estimate of drug-likeness (QED) is 0.112. The number of nitrogen functional groups attached to an aromatic ring is 1. The predicted molar refractivity (Wildman–Crippen MR) is 209 cm³/mol. The van der Waals surface area contributed by atoms with Crippen LogP contribution < -0.4 is 21.4 Å². The fourth-order valence-corrected chi connectivity index (χ4v) is 6.89. The van der Waals surface area contributed by atoms with Crippen molar-refractivity contribution in [1.29, 1.82) is 0 Å². The molecule has 1 aliphatic heterocycles. The van der Waals surface area contributed by atoms with Gasteiger partial charge in [0.05, 0.1) is 39.4 Å². The number of carboxylic acid groups (broad SMARTS) is 1. The van der Waals surface area contributed by atoms with Crippen LogP contribution in [-0.2, 0) is 15.1 Å². The number of nitrogens with two attached hydrogens (primary N) is 1. The van der Waals surface area contributed by atoms with E-state index >= 15 is 8.78 Å².